The standard InChI is InChI=1S/C14H20N2.2ClH/c1-2-7-13(8-3-1)16-14-11-5-4-6-12(14)10-15-9-11;;/h1-3,7-8,11-12,14-16H,4-6,9-10H2;2*1H. The number of halogens is 2. The minimum absolute atomic E-state index is 0. The summed E-state index contributed by atoms with van der Waals surface area (Å²) in [5.74, 6) is 1.65. The van der Waals surface area contributed by atoms with Crippen LogP contribution in [0.1, 0.15) is 19.3 Å². The Morgan fingerprint density at radius 2 is 1.56 bits per heavy atom. The quantitative estimate of drug-likeness (QED) is 0.872. The van der Waals surface area contributed by atoms with Crippen LogP contribution in [0.3, 0.4) is 0 Å². The molecule has 2 bridgehead atoms. The molecule has 102 valence electrons. The molecule has 0 radical (unpaired) electrons. The zero-order chi connectivity index (χ0) is 10.8. The van der Waals surface area contributed by atoms with Crippen molar-refractivity contribution >= 4 is 30.5 Å². The van der Waals surface area contributed by atoms with Crippen molar-refractivity contribution in [2.24, 2.45) is 11.8 Å². The highest BCUT2D eigenvalue weighted by atomic mass is 35.5. The Labute approximate surface area is 122 Å². The van der Waals surface area contributed by atoms with Gasteiger partial charge in [0.25, 0.3) is 0 Å². The molecule has 2 fully saturated rings. The predicted octanol–water partition coefficient (Wildman–Crippen LogP) is 3.33. The van der Waals surface area contributed by atoms with Crippen molar-refractivity contribution in [1.82, 2.24) is 5.32 Å². The molecule has 1 heterocycles. The molecule has 0 spiro atoms. The Kier molecular flexibility index (Phi) is 6.27. The van der Waals surface area contributed by atoms with E-state index in [-0.39, 0.29) is 24.8 Å². The lowest BCUT2D eigenvalue weighted by atomic mass is 9.74. The van der Waals surface area contributed by atoms with Gasteiger partial charge in [0, 0.05) is 11.7 Å². The Hall–Kier alpha value is -0.440. The summed E-state index contributed by atoms with van der Waals surface area (Å²) in [4.78, 5) is 0. The van der Waals surface area contributed by atoms with Gasteiger partial charge in [-0.1, -0.05) is 24.6 Å². The summed E-state index contributed by atoms with van der Waals surface area (Å²) >= 11 is 0. The lowest BCUT2D eigenvalue weighted by Crippen LogP contribution is -2.52. The molecule has 3 rings (SSSR count). The van der Waals surface area contributed by atoms with E-state index in [9.17, 15) is 0 Å². The first-order valence-electron chi connectivity index (χ1n) is 6.46. The highest BCUT2D eigenvalue weighted by molar-refractivity contribution is 5.85. The van der Waals surface area contributed by atoms with Crippen molar-refractivity contribution in [2.45, 2.75) is 25.3 Å². The summed E-state index contributed by atoms with van der Waals surface area (Å²) in [5, 5.41) is 7.31. The maximum absolute atomic E-state index is 3.74. The second-order valence-electron chi connectivity index (χ2n) is 5.15. The third-order valence-corrected chi connectivity index (χ3v) is 4.09. The minimum atomic E-state index is 0. The van der Waals surface area contributed by atoms with Crippen molar-refractivity contribution < 1.29 is 0 Å². The fourth-order valence-electron chi connectivity index (χ4n) is 3.26. The normalized spacial score (nSPS) is 29.7. The molecule has 1 aliphatic carbocycles. The minimum Gasteiger partial charge on any atom is -0.382 e. The van der Waals surface area contributed by atoms with Crippen LogP contribution in [-0.4, -0.2) is 19.1 Å². The molecule has 1 aromatic rings. The highest BCUT2D eigenvalue weighted by Gasteiger charge is 2.35. The van der Waals surface area contributed by atoms with Crippen LogP contribution in [0.5, 0.6) is 0 Å². The number of fused-ring (bicyclic) bond motifs is 2. The monoisotopic (exact) mass is 288 g/mol. The van der Waals surface area contributed by atoms with Gasteiger partial charge in [0.1, 0.15) is 0 Å². The number of benzene rings is 1. The lowest BCUT2D eigenvalue weighted by Gasteiger charge is -2.43. The van der Waals surface area contributed by atoms with Crippen LogP contribution in [0.25, 0.3) is 0 Å². The third kappa shape index (κ3) is 3.31. The maximum Gasteiger partial charge on any atom is 0.0342 e. The van der Waals surface area contributed by atoms with Gasteiger partial charge in [0.15, 0.2) is 0 Å². The van der Waals surface area contributed by atoms with Gasteiger partial charge < -0.3 is 10.6 Å². The number of piperidine rings is 1. The smallest absolute Gasteiger partial charge is 0.0342 e. The van der Waals surface area contributed by atoms with Gasteiger partial charge in [-0.25, -0.2) is 0 Å². The van der Waals surface area contributed by atoms with Crippen molar-refractivity contribution in [3.8, 4) is 0 Å². The van der Waals surface area contributed by atoms with Gasteiger partial charge in [-0.15, -0.1) is 24.8 Å². The average Bonchev–Trinajstić information content (AvgIpc) is 2.30. The molecule has 4 heteroatoms. The molecule has 2 atom stereocenters. The van der Waals surface area contributed by atoms with Gasteiger partial charge in [-0.05, 0) is 49.9 Å². The topological polar surface area (TPSA) is 24.1 Å². The van der Waals surface area contributed by atoms with Crippen molar-refractivity contribution in [3.63, 3.8) is 0 Å². The van der Waals surface area contributed by atoms with Crippen LogP contribution < -0.4 is 10.6 Å². The summed E-state index contributed by atoms with van der Waals surface area (Å²) in [6.45, 7) is 2.39. The molecule has 1 saturated heterocycles. The molecule has 1 saturated carbocycles. The van der Waals surface area contributed by atoms with Gasteiger partial charge in [0.05, 0.1) is 0 Å². The fraction of sp³-hybridized carbons (Fsp3) is 0.571. The number of hydrogen-bond donors (Lipinski definition) is 2. The number of hydrogen-bond acceptors (Lipinski definition) is 2. The summed E-state index contributed by atoms with van der Waals surface area (Å²) < 4.78 is 0. The van der Waals surface area contributed by atoms with Crippen molar-refractivity contribution in [2.75, 3.05) is 18.4 Å². The lowest BCUT2D eigenvalue weighted by molar-refractivity contribution is 0.183. The highest BCUT2D eigenvalue weighted by Crippen LogP contribution is 2.33. The second-order valence-corrected chi connectivity index (χ2v) is 5.15. The summed E-state index contributed by atoms with van der Waals surface area (Å²) in [5.41, 5.74) is 1.28. The fourth-order valence-corrected chi connectivity index (χ4v) is 3.26. The van der Waals surface area contributed by atoms with E-state index in [1.807, 2.05) is 0 Å². The van der Waals surface area contributed by atoms with Crippen molar-refractivity contribution in [3.05, 3.63) is 30.3 Å². The van der Waals surface area contributed by atoms with E-state index >= 15 is 0 Å². The van der Waals surface area contributed by atoms with Crippen LogP contribution in [0.2, 0.25) is 0 Å². The van der Waals surface area contributed by atoms with Crippen LogP contribution in [0.4, 0.5) is 5.69 Å². The van der Waals surface area contributed by atoms with Crippen LogP contribution in [-0.2, 0) is 0 Å². The molecule has 2 unspecified atom stereocenters. The summed E-state index contributed by atoms with van der Waals surface area (Å²) in [6, 6.07) is 11.3. The average molecular weight is 289 g/mol. The second kappa shape index (κ2) is 7.22. The summed E-state index contributed by atoms with van der Waals surface area (Å²) in [7, 11) is 0. The Bertz CT molecular complexity index is 323. The molecule has 18 heavy (non-hydrogen) atoms. The number of anilines is 1. The largest absolute Gasteiger partial charge is 0.382 e. The zero-order valence-corrected chi connectivity index (χ0v) is 12.1. The first kappa shape index (κ1) is 15.6. The van der Waals surface area contributed by atoms with Crippen LogP contribution >= 0.6 is 24.8 Å². The zero-order valence-electron chi connectivity index (χ0n) is 10.5. The predicted molar refractivity (Wildman–Crippen MR) is 82.0 cm³/mol. The van der Waals surface area contributed by atoms with Gasteiger partial charge in [-0.3, -0.25) is 0 Å². The van der Waals surface area contributed by atoms with E-state index in [1.54, 1.807) is 0 Å². The van der Waals surface area contributed by atoms with E-state index in [1.165, 1.54) is 38.0 Å². The molecular formula is C14H22Cl2N2. The third-order valence-electron chi connectivity index (χ3n) is 4.09. The Morgan fingerprint density at radius 1 is 0.944 bits per heavy atom. The molecule has 0 aromatic heterocycles. The van der Waals surface area contributed by atoms with Gasteiger partial charge >= 0.3 is 0 Å². The first-order valence-corrected chi connectivity index (χ1v) is 6.46. The SMILES string of the molecule is Cl.Cl.c1ccc(NC2C3CCCC2CNC3)cc1. The molecule has 0 amide bonds. The molecule has 2 N–H and O–H groups in total. The van der Waals surface area contributed by atoms with E-state index < -0.39 is 0 Å². The van der Waals surface area contributed by atoms with E-state index in [0.29, 0.717) is 6.04 Å². The van der Waals surface area contributed by atoms with Crippen LogP contribution in [0.15, 0.2) is 30.3 Å². The number of nitrogens with one attached hydrogen (secondary N) is 2. The van der Waals surface area contributed by atoms with Crippen molar-refractivity contribution in [1.29, 1.82) is 0 Å². The Balaban J connectivity index is 0.000000810. The van der Waals surface area contributed by atoms with Gasteiger partial charge in [-0.2, -0.15) is 0 Å². The first-order chi connectivity index (χ1) is 7.93. The van der Waals surface area contributed by atoms with Crippen LogP contribution in [0, 0.1) is 11.8 Å². The molecule has 2 aliphatic rings. The molecule has 2 nitrogen and oxygen atoms in total. The van der Waals surface area contributed by atoms with E-state index in [0.717, 1.165) is 11.8 Å². The molecular weight excluding hydrogens is 267 g/mol. The maximum atomic E-state index is 3.74. The number of rotatable bonds is 2. The molecule has 1 aromatic carbocycles. The van der Waals surface area contributed by atoms with Gasteiger partial charge in [0.2, 0.25) is 0 Å². The van der Waals surface area contributed by atoms with E-state index in [2.05, 4.69) is 41.0 Å². The van der Waals surface area contributed by atoms with E-state index in [4.69, 9.17) is 0 Å². The molecule has 1 aliphatic heterocycles. The number of para-hydroxylation sites is 1. The summed E-state index contributed by atoms with van der Waals surface area (Å²) in [6.07, 6.45) is 4.19. The Morgan fingerprint density at radius 3 is 2.17 bits per heavy atom.